The summed E-state index contributed by atoms with van der Waals surface area (Å²) in [6.07, 6.45) is -2.11. The Labute approximate surface area is 156 Å². The number of methoxy groups -OCH3 is 1. The van der Waals surface area contributed by atoms with Crippen LogP contribution in [0, 0.1) is 0 Å². The molecule has 0 rings (SSSR count). The first-order valence-corrected chi connectivity index (χ1v) is 8.17. The van der Waals surface area contributed by atoms with Crippen molar-refractivity contribution in [3.63, 3.8) is 0 Å². The molecule has 0 saturated carbocycles. The molecule has 4 N–H and O–H groups in total. The number of carbonyl (C=O) groups excluding carboxylic acids is 3. The highest BCUT2D eigenvalue weighted by molar-refractivity contribution is 5.89. The largest absolute Gasteiger partial charge is 0.481 e. The molecule has 154 valence electrons. The minimum absolute atomic E-state index is 0.164. The number of carbonyl (C=O) groups is 5. The van der Waals surface area contributed by atoms with Crippen molar-refractivity contribution in [1.82, 2.24) is 10.6 Å². The van der Waals surface area contributed by atoms with Gasteiger partial charge < -0.3 is 30.3 Å². The summed E-state index contributed by atoms with van der Waals surface area (Å²) in [5, 5.41) is 22.2. The summed E-state index contributed by atoms with van der Waals surface area (Å²) in [5.41, 5.74) is -0.835. The SMILES string of the molecule is COC(=O)CC[C@@H](NC(=O)OC(C)(C)C)C(=O)N[C@H](CCC(=O)O)C(=O)O. The van der Waals surface area contributed by atoms with Crippen LogP contribution in [0.3, 0.4) is 0 Å². The van der Waals surface area contributed by atoms with Crippen LogP contribution in [0.2, 0.25) is 0 Å². The third kappa shape index (κ3) is 11.4. The van der Waals surface area contributed by atoms with E-state index in [-0.39, 0.29) is 19.3 Å². The fourth-order valence-corrected chi connectivity index (χ4v) is 1.88. The summed E-state index contributed by atoms with van der Waals surface area (Å²) >= 11 is 0. The molecule has 0 fully saturated rings. The number of amides is 2. The zero-order valence-corrected chi connectivity index (χ0v) is 15.7. The Morgan fingerprint density at radius 1 is 0.926 bits per heavy atom. The lowest BCUT2D eigenvalue weighted by Gasteiger charge is -2.24. The highest BCUT2D eigenvalue weighted by atomic mass is 16.6. The lowest BCUT2D eigenvalue weighted by Crippen LogP contribution is -2.52. The molecule has 0 radical (unpaired) electrons. The molecule has 2 atom stereocenters. The fraction of sp³-hybridized carbons (Fsp3) is 0.688. The van der Waals surface area contributed by atoms with Gasteiger partial charge in [0, 0.05) is 12.8 Å². The number of nitrogens with one attached hydrogen (secondary N) is 2. The smallest absolute Gasteiger partial charge is 0.408 e. The summed E-state index contributed by atoms with van der Waals surface area (Å²) in [4.78, 5) is 57.4. The van der Waals surface area contributed by atoms with Gasteiger partial charge in [0.25, 0.3) is 0 Å². The van der Waals surface area contributed by atoms with Crippen LogP contribution in [0.1, 0.15) is 46.5 Å². The van der Waals surface area contributed by atoms with E-state index in [2.05, 4.69) is 15.4 Å². The maximum atomic E-state index is 12.4. The van der Waals surface area contributed by atoms with E-state index in [1.165, 1.54) is 0 Å². The molecular formula is C16H26N2O9. The third-order valence-corrected chi connectivity index (χ3v) is 3.13. The van der Waals surface area contributed by atoms with Crippen LogP contribution >= 0.6 is 0 Å². The summed E-state index contributed by atoms with van der Waals surface area (Å²) in [5.74, 6) is -4.15. The van der Waals surface area contributed by atoms with Crippen LogP contribution in [0.4, 0.5) is 4.79 Å². The van der Waals surface area contributed by atoms with Crippen molar-refractivity contribution in [2.24, 2.45) is 0 Å². The van der Waals surface area contributed by atoms with E-state index in [1.54, 1.807) is 20.8 Å². The lowest BCUT2D eigenvalue weighted by atomic mass is 10.1. The van der Waals surface area contributed by atoms with Crippen molar-refractivity contribution in [3.8, 4) is 0 Å². The molecular weight excluding hydrogens is 364 g/mol. The third-order valence-electron chi connectivity index (χ3n) is 3.13. The number of ether oxygens (including phenoxy) is 2. The topological polar surface area (TPSA) is 168 Å². The molecule has 11 heteroatoms. The fourth-order valence-electron chi connectivity index (χ4n) is 1.88. The molecule has 0 bridgehead atoms. The van der Waals surface area contributed by atoms with Gasteiger partial charge in [-0.15, -0.1) is 0 Å². The highest BCUT2D eigenvalue weighted by Crippen LogP contribution is 2.09. The molecule has 0 aliphatic rings. The maximum absolute atomic E-state index is 12.4. The monoisotopic (exact) mass is 390 g/mol. The molecule has 0 aromatic carbocycles. The van der Waals surface area contributed by atoms with Gasteiger partial charge in [-0.2, -0.15) is 0 Å². The van der Waals surface area contributed by atoms with Crippen molar-refractivity contribution in [2.75, 3.05) is 7.11 Å². The van der Waals surface area contributed by atoms with E-state index >= 15 is 0 Å². The summed E-state index contributed by atoms with van der Waals surface area (Å²) in [6.45, 7) is 4.84. The second-order valence-electron chi connectivity index (χ2n) is 6.65. The zero-order chi connectivity index (χ0) is 21.2. The Bertz CT molecular complexity index is 569. The van der Waals surface area contributed by atoms with E-state index in [0.29, 0.717) is 0 Å². The first-order chi connectivity index (χ1) is 12.4. The molecule has 0 aliphatic heterocycles. The molecule has 0 unspecified atom stereocenters. The highest BCUT2D eigenvalue weighted by Gasteiger charge is 2.29. The zero-order valence-electron chi connectivity index (χ0n) is 15.7. The van der Waals surface area contributed by atoms with E-state index in [9.17, 15) is 24.0 Å². The average molecular weight is 390 g/mol. The molecule has 27 heavy (non-hydrogen) atoms. The van der Waals surface area contributed by atoms with Gasteiger partial charge in [0.15, 0.2) is 0 Å². The first kappa shape index (κ1) is 24.1. The van der Waals surface area contributed by atoms with Gasteiger partial charge in [-0.3, -0.25) is 14.4 Å². The predicted molar refractivity (Wildman–Crippen MR) is 90.8 cm³/mol. The minimum atomic E-state index is -1.46. The second-order valence-corrected chi connectivity index (χ2v) is 6.65. The van der Waals surface area contributed by atoms with Gasteiger partial charge in [-0.25, -0.2) is 9.59 Å². The number of aliphatic carboxylic acids is 2. The summed E-state index contributed by atoms with van der Waals surface area (Å²) in [6, 6.07) is -2.74. The Morgan fingerprint density at radius 3 is 1.93 bits per heavy atom. The van der Waals surface area contributed by atoms with Gasteiger partial charge in [0.05, 0.1) is 7.11 Å². The lowest BCUT2D eigenvalue weighted by molar-refractivity contribution is -0.144. The van der Waals surface area contributed by atoms with Crippen LogP contribution in [0.25, 0.3) is 0 Å². The van der Waals surface area contributed by atoms with Crippen molar-refractivity contribution in [2.45, 2.75) is 64.1 Å². The van der Waals surface area contributed by atoms with Crippen LogP contribution in [0.15, 0.2) is 0 Å². The Hall–Kier alpha value is -2.85. The number of rotatable bonds is 10. The normalized spacial score (nSPS) is 13.0. The molecule has 0 aromatic rings. The van der Waals surface area contributed by atoms with E-state index in [1.807, 2.05) is 0 Å². The first-order valence-electron chi connectivity index (χ1n) is 8.17. The standard InChI is InChI=1S/C16H26N2O9/c1-16(2,3)27-15(25)18-9(6-8-12(21)26-4)13(22)17-10(14(23)24)5-7-11(19)20/h9-10H,5-8H2,1-4H3,(H,17,22)(H,18,25)(H,19,20)(H,23,24)/t9-,10-/m1/s1. The number of carboxylic acid groups (broad SMARTS) is 2. The van der Waals surface area contributed by atoms with E-state index in [4.69, 9.17) is 14.9 Å². The number of hydrogen-bond donors (Lipinski definition) is 4. The number of esters is 1. The van der Waals surface area contributed by atoms with Crippen LogP contribution in [-0.4, -0.2) is 64.9 Å². The van der Waals surface area contributed by atoms with Crippen LogP contribution < -0.4 is 10.6 Å². The quantitative estimate of drug-likeness (QED) is 0.382. The van der Waals surface area contributed by atoms with Gasteiger partial charge in [0.1, 0.15) is 17.7 Å². The number of hydrogen-bond acceptors (Lipinski definition) is 7. The van der Waals surface area contributed by atoms with Crippen LogP contribution in [-0.2, 0) is 28.7 Å². The maximum Gasteiger partial charge on any atom is 0.408 e. The summed E-state index contributed by atoms with van der Waals surface area (Å²) in [7, 11) is 1.16. The Morgan fingerprint density at radius 2 is 1.48 bits per heavy atom. The van der Waals surface area contributed by atoms with Gasteiger partial charge in [-0.1, -0.05) is 0 Å². The van der Waals surface area contributed by atoms with E-state index < -0.39 is 54.0 Å². The molecule has 0 heterocycles. The minimum Gasteiger partial charge on any atom is -0.481 e. The van der Waals surface area contributed by atoms with Crippen molar-refractivity contribution < 1.29 is 43.7 Å². The van der Waals surface area contributed by atoms with Gasteiger partial charge >= 0.3 is 24.0 Å². The number of alkyl carbamates (subject to hydrolysis) is 1. The number of carboxylic acids is 2. The molecule has 2 amide bonds. The molecule has 11 nitrogen and oxygen atoms in total. The Kier molecular flexibility index (Phi) is 9.83. The Balaban J connectivity index is 5.11. The molecule has 0 saturated heterocycles. The molecule has 0 aromatic heterocycles. The summed E-state index contributed by atoms with van der Waals surface area (Å²) < 4.78 is 9.52. The van der Waals surface area contributed by atoms with E-state index in [0.717, 1.165) is 7.11 Å². The molecule has 0 spiro atoms. The second kappa shape index (κ2) is 11.0. The molecule has 0 aliphatic carbocycles. The van der Waals surface area contributed by atoms with Crippen LogP contribution in [0.5, 0.6) is 0 Å². The van der Waals surface area contributed by atoms with Gasteiger partial charge in [-0.05, 0) is 33.6 Å². The average Bonchev–Trinajstić information content (AvgIpc) is 2.52. The van der Waals surface area contributed by atoms with Gasteiger partial charge in [0.2, 0.25) is 5.91 Å². The van der Waals surface area contributed by atoms with Crippen molar-refractivity contribution in [1.29, 1.82) is 0 Å². The van der Waals surface area contributed by atoms with Crippen molar-refractivity contribution >= 4 is 29.9 Å². The van der Waals surface area contributed by atoms with Crippen molar-refractivity contribution in [3.05, 3.63) is 0 Å². The predicted octanol–water partition coefficient (Wildman–Crippen LogP) is 0.267.